The number of hydrogen-bond acceptors (Lipinski definition) is 4. The van der Waals surface area contributed by atoms with Gasteiger partial charge in [0, 0.05) is 16.6 Å². The Bertz CT molecular complexity index is 793. The number of benzene rings is 2. The number of carbonyl (C=O) groups excluding carboxylic acids is 2. The van der Waals surface area contributed by atoms with Crippen LogP contribution in [0.2, 0.25) is 10.0 Å². The summed E-state index contributed by atoms with van der Waals surface area (Å²) >= 11 is 11.9. The summed E-state index contributed by atoms with van der Waals surface area (Å²) in [6.45, 7) is 1.58. The highest BCUT2D eigenvalue weighted by atomic mass is 35.5. The number of nitrogens with one attached hydrogen (secondary N) is 1. The van der Waals surface area contributed by atoms with Crippen molar-refractivity contribution in [3.63, 3.8) is 0 Å². The van der Waals surface area contributed by atoms with Gasteiger partial charge < -0.3 is 15.2 Å². The monoisotopic (exact) mass is 381 g/mol. The van der Waals surface area contributed by atoms with Crippen LogP contribution < -0.4 is 5.32 Å². The minimum Gasteiger partial charge on any atom is -0.507 e. The third-order valence-electron chi connectivity index (χ3n) is 3.52. The van der Waals surface area contributed by atoms with Crippen LogP contribution in [-0.2, 0) is 16.0 Å². The topological polar surface area (TPSA) is 75.6 Å². The molecule has 0 aliphatic heterocycles. The van der Waals surface area contributed by atoms with Crippen molar-refractivity contribution < 1.29 is 19.4 Å². The number of aryl methyl sites for hydroxylation is 1. The second-order valence-corrected chi connectivity index (χ2v) is 6.23. The number of aromatic hydroxyl groups is 1. The Hall–Kier alpha value is -2.24. The van der Waals surface area contributed by atoms with Gasteiger partial charge in [0.1, 0.15) is 11.3 Å². The van der Waals surface area contributed by atoms with Crippen molar-refractivity contribution >= 4 is 35.1 Å². The summed E-state index contributed by atoms with van der Waals surface area (Å²) in [6, 6.07) is 9.88. The average molecular weight is 382 g/mol. The predicted octanol–water partition coefficient (Wildman–Crippen LogP) is 3.52. The van der Waals surface area contributed by atoms with Crippen molar-refractivity contribution in [3.8, 4) is 5.75 Å². The SMILES string of the molecule is Cc1cccc(C(=O)OCC(=O)NCCc2ccc(Cl)cc2Cl)c1O. The molecule has 0 heterocycles. The Morgan fingerprint density at radius 2 is 1.96 bits per heavy atom. The van der Waals surface area contributed by atoms with Crippen molar-refractivity contribution in [2.45, 2.75) is 13.3 Å². The molecule has 0 saturated heterocycles. The molecule has 2 rings (SSSR count). The number of carbonyl (C=O) groups is 2. The number of rotatable bonds is 6. The number of hydrogen-bond donors (Lipinski definition) is 2. The molecule has 0 bridgehead atoms. The fourth-order valence-electron chi connectivity index (χ4n) is 2.14. The number of phenolic OH excluding ortho intramolecular Hbond substituents is 1. The van der Waals surface area contributed by atoms with Gasteiger partial charge in [-0.25, -0.2) is 4.79 Å². The van der Waals surface area contributed by atoms with E-state index in [0.29, 0.717) is 28.6 Å². The van der Waals surface area contributed by atoms with Crippen LogP contribution in [0, 0.1) is 6.92 Å². The maximum Gasteiger partial charge on any atom is 0.342 e. The van der Waals surface area contributed by atoms with E-state index in [1.54, 1.807) is 37.3 Å². The average Bonchev–Trinajstić information content (AvgIpc) is 2.57. The number of phenols is 1. The lowest BCUT2D eigenvalue weighted by Crippen LogP contribution is -2.30. The van der Waals surface area contributed by atoms with Crippen molar-refractivity contribution in [2.75, 3.05) is 13.2 Å². The van der Waals surface area contributed by atoms with Gasteiger partial charge in [0.05, 0.1) is 0 Å². The van der Waals surface area contributed by atoms with E-state index in [-0.39, 0.29) is 11.3 Å². The number of amides is 1. The van der Waals surface area contributed by atoms with E-state index in [0.717, 1.165) is 5.56 Å². The molecule has 132 valence electrons. The second-order valence-electron chi connectivity index (χ2n) is 5.38. The first-order valence-corrected chi connectivity index (χ1v) is 8.30. The molecule has 0 radical (unpaired) electrons. The van der Waals surface area contributed by atoms with Crippen molar-refractivity contribution in [3.05, 3.63) is 63.1 Å². The summed E-state index contributed by atoms with van der Waals surface area (Å²) in [5.41, 5.74) is 1.44. The lowest BCUT2D eigenvalue weighted by atomic mass is 10.1. The van der Waals surface area contributed by atoms with Crippen molar-refractivity contribution in [1.82, 2.24) is 5.32 Å². The van der Waals surface area contributed by atoms with Gasteiger partial charge in [-0.3, -0.25) is 4.79 Å². The summed E-state index contributed by atoms with van der Waals surface area (Å²) in [6.07, 6.45) is 0.522. The highest BCUT2D eigenvalue weighted by molar-refractivity contribution is 6.35. The summed E-state index contributed by atoms with van der Waals surface area (Å²) in [7, 11) is 0. The number of ether oxygens (including phenoxy) is 1. The van der Waals surface area contributed by atoms with Crippen molar-refractivity contribution in [2.24, 2.45) is 0 Å². The number of halogens is 2. The molecular formula is C18H17Cl2NO4. The van der Waals surface area contributed by atoms with Gasteiger partial charge in [0.15, 0.2) is 6.61 Å². The van der Waals surface area contributed by atoms with Crippen LogP contribution in [0.3, 0.4) is 0 Å². The molecule has 0 unspecified atom stereocenters. The smallest absolute Gasteiger partial charge is 0.342 e. The fourth-order valence-corrected chi connectivity index (χ4v) is 2.65. The molecule has 0 aromatic heterocycles. The van der Waals surface area contributed by atoms with E-state index in [4.69, 9.17) is 27.9 Å². The van der Waals surface area contributed by atoms with E-state index in [2.05, 4.69) is 5.32 Å². The van der Waals surface area contributed by atoms with E-state index in [9.17, 15) is 14.7 Å². The van der Waals surface area contributed by atoms with Gasteiger partial charge in [-0.05, 0) is 42.7 Å². The zero-order valence-corrected chi connectivity index (χ0v) is 15.0. The minimum absolute atomic E-state index is 0.0285. The number of esters is 1. The largest absolute Gasteiger partial charge is 0.507 e. The molecule has 0 fully saturated rings. The van der Waals surface area contributed by atoms with Crippen LogP contribution in [0.15, 0.2) is 36.4 Å². The molecule has 25 heavy (non-hydrogen) atoms. The van der Waals surface area contributed by atoms with Gasteiger partial charge in [-0.1, -0.05) is 41.4 Å². The molecule has 1 amide bonds. The summed E-state index contributed by atoms with van der Waals surface area (Å²) in [4.78, 5) is 23.7. The highest BCUT2D eigenvalue weighted by Crippen LogP contribution is 2.22. The lowest BCUT2D eigenvalue weighted by Gasteiger charge is -2.09. The number of para-hydroxylation sites is 1. The predicted molar refractivity (Wildman–Crippen MR) is 96.3 cm³/mol. The Balaban J connectivity index is 1.79. The van der Waals surface area contributed by atoms with Crippen LogP contribution in [0.5, 0.6) is 5.75 Å². The third kappa shape index (κ3) is 5.37. The zero-order chi connectivity index (χ0) is 18.4. The Morgan fingerprint density at radius 3 is 2.68 bits per heavy atom. The minimum atomic E-state index is -0.753. The quantitative estimate of drug-likeness (QED) is 0.750. The van der Waals surface area contributed by atoms with Gasteiger partial charge in [-0.15, -0.1) is 0 Å². The Kier molecular flexibility index (Phi) is 6.67. The summed E-state index contributed by atoms with van der Waals surface area (Å²) in [5.74, 6) is -1.34. The van der Waals surface area contributed by atoms with Crippen LogP contribution in [0.25, 0.3) is 0 Å². The fraction of sp³-hybridized carbons (Fsp3) is 0.222. The van der Waals surface area contributed by atoms with Crippen LogP contribution in [-0.4, -0.2) is 30.1 Å². The molecule has 0 atom stereocenters. The Morgan fingerprint density at radius 1 is 1.20 bits per heavy atom. The maximum absolute atomic E-state index is 11.9. The molecule has 2 aromatic carbocycles. The molecule has 2 aromatic rings. The van der Waals surface area contributed by atoms with Crippen LogP contribution in [0.1, 0.15) is 21.5 Å². The summed E-state index contributed by atoms with van der Waals surface area (Å²) in [5, 5.41) is 13.5. The Labute approximate surface area is 155 Å². The normalized spacial score (nSPS) is 10.4. The lowest BCUT2D eigenvalue weighted by molar-refractivity contribution is -0.124. The molecule has 7 heteroatoms. The van der Waals surface area contributed by atoms with Gasteiger partial charge in [0.2, 0.25) is 0 Å². The van der Waals surface area contributed by atoms with Crippen LogP contribution in [0.4, 0.5) is 0 Å². The van der Waals surface area contributed by atoms with E-state index in [1.165, 1.54) is 6.07 Å². The van der Waals surface area contributed by atoms with E-state index < -0.39 is 18.5 Å². The molecule has 2 N–H and O–H groups in total. The summed E-state index contributed by atoms with van der Waals surface area (Å²) < 4.78 is 4.91. The zero-order valence-electron chi connectivity index (χ0n) is 13.5. The second kappa shape index (κ2) is 8.74. The molecule has 0 aliphatic carbocycles. The van der Waals surface area contributed by atoms with E-state index >= 15 is 0 Å². The maximum atomic E-state index is 11.9. The molecule has 5 nitrogen and oxygen atoms in total. The molecule has 0 saturated carbocycles. The van der Waals surface area contributed by atoms with Crippen molar-refractivity contribution in [1.29, 1.82) is 0 Å². The molecule has 0 aliphatic rings. The molecular weight excluding hydrogens is 365 g/mol. The first-order valence-electron chi connectivity index (χ1n) is 7.55. The molecule has 0 spiro atoms. The van der Waals surface area contributed by atoms with Gasteiger partial charge in [0.25, 0.3) is 5.91 Å². The van der Waals surface area contributed by atoms with Crippen LogP contribution >= 0.6 is 23.2 Å². The first-order chi connectivity index (χ1) is 11.9. The van der Waals surface area contributed by atoms with E-state index in [1.807, 2.05) is 0 Å². The van der Waals surface area contributed by atoms with Gasteiger partial charge >= 0.3 is 5.97 Å². The first kappa shape index (κ1) is 19.1. The van der Waals surface area contributed by atoms with Gasteiger partial charge in [-0.2, -0.15) is 0 Å². The highest BCUT2D eigenvalue weighted by Gasteiger charge is 2.15. The third-order valence-corrected chi connectivity index (χ3v) is 4.11. The standard InChI is InChI=1S/C18H17Cl2NO4/c1-11-3-2-4-14(17(11)23)18(24)25-10-16(22)21-8-7-12-5-6-13(19)9-15(12)20/h2-6,9,23H,7-8,10H2,1H3,(H,21,22).